The molecule has 8 heteroatoms. The average molecular weight is 509 g/mol. The van der Waals surface area contributed by atoms with Crippen LogP contribution < -0.4 is 31.9 Å². The fourth-order valence-electron chi connectivity index (χ4n) is 4.01. The van der Waals surface area contributed by atoms with Gasteiger partial charge < -0.3 is 31.9 Å². The van der Waals surface area contributed by atoms with Crippen molar-refractivity contribution in [3.05, 3.63) is 60.7 Å². The first-order valence-corrected chi connectivity index (χ1v) is 13.4. The molecule has 37 heavy (non-hydrogen) atoms. The van der Waals surface area contributed by atoms with E-state index in [0.29, 0.717) is 18.1 Å². The van der Waals surface area contributed by atoms with Crippen molar-refractivity contribution in [2.24, 2.45) is 11.8 Å². The van der Waals surface area contributed by atoms with E-state index >= 15 is 0 Å². The van der Waals surface area contributed by atoms with Gasteiger partial charge in [-0.25, -0.2) is 0 Å². The minimum absolute atomic E-state index is 0.0366. The SMILES string of the molecule is CC(C)[C@H](NC[C@@H]1N[C@H]1C)C(=O)Nc1ccccc1.CC(C)[C@H](NC[C@H]1CN1)C(=O)Nc1ccccc1. The van der Waals surface area contributed by atoms with Gasteiger partial charge >= 0.3 is 0 Å². The van der Waals surface area contributed by atoms with Crippen LogP contribution in [0.25, 0.3) is 0 Å². The second kappa shape index (κ2) is 14.2. The first-order chi connectivity index (χ1) is 17.7. The van der Waals surface area contributed by atoms with Gasteiger partial charge in [0.2, 0.25) is 11.8 Å². The third-order valence-corrected chi connectivity index (χ3v) is 6.59. The van der Waals surface area contributed by atoms with Crippen molar-refractivity contribution in [2.75, 3.05) is 30.3 Å². The fourth-order valence-corrected chi connectivity index (χ4v) is 4.01. The van der Waals surface area contributed by atoms with Crippen LogP contribution in [0.5, 0.6) is 0 Å². The van der Waals surface area contributed by atoms with Gasteiger partial charge in [0, 0.05) is 49.1 Å². The van der Waals surface area contributed by atoms with E-state index < -0.39 is 0 Å². The van der Waals surface area contributed by atoms with Crippen LogP contribution >= 0.6 is 0 Å². The van der Waals surface area contributed by atoms with Gasteiger partial charge in [0.25, 0.3) is 0 Å². The number of carbonyl (C=O) groups excluding carboxylic acids is 2. The molecule has 0 radical (unpaired) electrons. The van der Waals surface area contributed by atoms with E-state index in [1.54, 1.807) is 0 Å². The first kappa shape index (κ1) is 28.8. The molecule has 2 aromatic rings. The molecule has 4 rings (SSSR count). The summed E-state index contributed by atoms with van der Waals surface area (Å²) < 4.78 is 0. The zero-order chi connectivity index (χ0) is 26.8. The molecule has 2 amide bonds. The van der Waals surface area contributed by atoms with Crippen molar-refractivity contribution in [2.45, 2.75) is 64.8 Å². The Morgan fingerprint density at radius 3 is 1.54 bits per heavy atom. The maximum atomic E-state index is 12.3. The predicted octanol–water partition coefficient (Wildman–Crippen LogP) is 2.81. The summed E-state index contributed by atoms with van der Waals surface area (Å²) in [5.74, 6) is 0.608. The molecule has 0 unspecified atom stereocenters. The summed E-state index contributed by atoms with van der Waals surface area (Å²) >= 11 is 0. The largest absolute Gasteiger partial charge is 0.325 e. The summed E-state index contributed by atoms with van der Waals surface area (Å²) in [5.41, 5.74) is 1.69. The molecule has 0 aromatic heterocycles. The molecule has 2 aliphatic rings. The monoisotopic (exact) mass is 508 g/mol. The normalized spacial score (nSPS) is 21.4. The Balaban J connectivity index is 0.000000206. The topological polar surface area (TPSA) is 126 Å². The predicted molar refractivity (Wildman–Crippen MR) is 152 cm³/mol. The Morgan fingerprint density at radius 1 is 0.784 bits per heavy atom. The number of anilines is 2. The van der Waals surface area contributed by atoms with E-state index in [4.69, 9.17) is 0 Å². The molecule has 8 nitrogen and oxygen atoms in total. The highest BCUT2D eigenvalue weighted by atomic mass is 16.2. The van der Waals surface area contributed by atoms with Crippen LogP contribution in [-0.2, 0) is 9.59 Å². The van der Waals surface area contributed by atoms with Crippen molar-refractivity contribution >= 4 is 23.2 Å². The first-order valence-electron chi connectivity index (χ1n) is 13.4. The van der Waals surface area contributed by atoms with E-state index in [0.717, 1.165) is 31.0 Å². The van der Waals surface area contributed by atoms with Gasteiger partial charge in [0.05, 0.1) is 12.1 Å². The average Bonchev–Trinajstić information content (AvgIpc) is 3.79. The smallest absolute Gasteiger partial charge is 0.241 e. The standard InChI is InChI=1S/C15H23N3O.C14H21N3O/c1-10(2)14(16-9-13-11(3)17-13)15(19)18-12-7-5-4-6-8-12;1-10(2)13(16-9-12-8-15-12)14(18)17-11-6-4-3-5-7-11/h4-8,10-11,13-14,16-17H,9H2,1-3H3,(H,18,19);3-7,10,12-13,15-16H,8-9H2,1-2H3,(H,17,18)/t11-,13-,14-;12-,13+/m01/s1. The van der Waals surface area contributed by atoms with Crippen LogP contribution in [0.2, 0.25) is 0 Å². The van der Waals surface area contributed by atoms with Gasteiger partial charge in [-0.05, 0) is 43.0 Å². The minimum Gasteiger partial charge on any atom is -0.325 e. The number of hydrogen-bond donors (Lipinski definition) is 6. The summed E-state index contributed by atoms with van der Waals surface area (Å²) in [6.45, 7) is 13.1. The molecule has 202 valence electrons. The maximum Gasteiger partial charge on any atom is 0.241 e. The second-order valence-corrected chi connectivity index (χ2v) is 10.6. The van der Waals surface area contributed by atoms with Crippen LogP contribution in [0.1, 0.15) is 34.6 Å². The Labute approximate surface area is 221 Å². The van der Waals surface area contributed by atoms with E-state index in [1.165, 1.54) is 0 Å². The molecule has 2 aromatic carbocycles. The molecule has 0 saturated carbocycles. The van der Waals surface area contributed by atoms with E-state index in [-0.39, 0.29) is 35.7 Å². The molecule has 2 heterocycles. The van der Waals surface area contributed by atoms with Crippen LogP contribution in [0.15, 0.2) is 60.7 Å². The number of carbonyl (C=O) groups is 2. The summed E-state index contributed by atoms with van der Waals surface area (Å²) in [6, 6.07) is 20.5. The van der Waals surface area contributed by atoms with Crippen molar-refractivity contribution in [3.8, 4) is 0 Å². The Bertz CT molecular complexity index is 965. The number of amides is 2. The fraction of sp³-hybridized carbons (Fsp3) is 0.517. The second-order valence-electron chi connectivity index (χ2n) is 10.6. The molecule has 5 atom stereocenters. The Kier molecular flexibility index (Phi) is 11.1. The summed E-state index contributed by atoms with van der Waals surface area (Å²) in [4.78, 5) is 24.5. The van der Waals surface area contributed by atoms with Crippen LogP contribution in [0.4, 0.5) is 11.4 Å². The van der Waals surface area contributed by atoms with Gasteiger partial charge in [-0.15, -0.1) is 0 Å². The lowest BCUT2D eigenvalue weighted by molar-refractivity contribution is -0.119. The molecule has 2 saturated heterocycles. The van der Waals surface area contributed by atoms with Crippen molar-refractivity contribution in [3.63, 3.8) is 0 Å². The zero-order valence-electron chi connectivity index (χ0n) is 22.8. The van der Waals surface area contributed by atoms with E-state index in [1.807, 2.05) is 60.7 Å². The number of rotatable bonds is 12. The van der Waals surface area contributed by atoms with Gasteiger partial charge in [0.15, 0.2) is 0 Å². The third-order valence-electron chi connectivity index (χ3n) is 6.59. The molecular weight excluding hydrogens is 464 g/mol. The van der Waals surface area contributed by atoms with Crippen LogP contribution in [0, 0.1) is 11.8 Å². The summed E-state index contributed by atoms with van der Waals surface area (Å²) in [7, 11) is 0. The lowest BCUT2D eigenvalue weighted by Crippen LogP contribution is -2.46. The zero-order valence-corrected chi connectivity index (χ0v) is 22.8. The Hall–Kier alpha value is -2.78. The molecule has 0 spiro atoms. The maximum absolute atomic E-state index is 12.3. The minimum atomic E-state index is -0.158. The number of benzene rings is 2. The van der Waals surface area contributed by atoms with Crippen molar-refractivity contribution < 1.29 is 9.59 Å². The third kappa shape index (κ3) is 10.2. The lowest BCUT2D eigenvalue weighted by atomic mass is 10.0. The molecule has 2 fully saturated rings. The van der Waals surface area contributed by atoms with Gasteiger partial charge in [-0.1, -0.05) is 64.1 Å². The van der Waals surface area contributed by atoms with Crippen molar-refractivity contribution in [1.82, 2.24) is 21.3 Å². The molecule has 2 aliphatic heterocycles. The van der Waals surface area contributed by atoms with E-state index in [9.17, 15) is 9.59 Å². The highest BCUT2D eigenvalue weighted by Gasteiger charge is 2.33. The van der Waals surface area contributed by atoms with Gasteiger partial charge in [-0.3, -0.25) is 9.59 Å². The number of hydrogen-bond acceptors (Lipinski definition) is 6. The number of nitrogens with one attached hydrogen (secondary N) is 6. The summed E-state index contributed by atoms with van der Waals surface area (Å²) in [5, 5.41) is 19.1. The Morgan fingerprint density at radius 2 is 1.19 bits per heavy atom. The van der Waals surface area contributed by atoms with E-state index in [2.05, 4.69) is 66.5 Å². The quantitative estimate of drug-likeness (QED) is 0.245. The molecular formula is C29H44N6O2. The highest BCUT2D eigenvalue weighted by molar-refractivity contribution is 5.95. The highest BCUT2D eigenvalue weighted by Crippen LogP contribution is 2.12. The molecule has 6 N–H and O–H groups in total. The number of para-hydroxylation sites is 2. The summed E-state index contributed by atoms with van der Waals surface area (Å²) in [6.07, 6.45) is 0. The van der Waals surface area contributed by atoms with Crippen LogP contribution in [-0.4, -0.2) is 61.7 Å². The lowest BCUT2D eigenvalue weighted by Gasteiger charge is -2.21. The molecule has 0 bridgehead atoms. The van der Waals surface area contributed by atoms with Gasteiger partial charge in [-0.2, -0.15) is 0 Å². The van der Waals surface area contributed by atoms with Gasteiger partial charge in [0.1, 0.15) is 0 Å². The van der Waals surface area contributed by atoms with Crippen molar-refractivity contribution in [1.29, 1.82) is 0 Å². The molecule has 0 aliphatic carbocycles. The van der Waals surface area contributed by atoms with Crippen LogP contribution in [0.3, 0.4) is 0 Å².